The molecule has 92 valence electrons. The highest BCUT2D eigenvalue weighted by Crippen LogP contribution is 2.11. The lowest BCUT2D eigenvalue weighted by atomic mass is 10.1. The third kappa shape index (κ3) is 5.15. The van der Waals surface area contributed by atoms with Crippen LogP contribution in [0.25, 0.3) is 6.08 Å². The summed E-state index contributed by atoms with van der Waals surface area (Å²) < 4.78 is 1.00. The fraction of sp³-hybridized carbons (Fsp3) is 0.308. The predicted molar refractivity (Wildman–Crippen MR) is 72.5 cm³/mol. The molecule has 0 bridgehead atoms. The van der Waals surface area contributed by atoms with E-state index in [4.69, 9.17) is 5.11 Å². The van der Waals surface area contributed by atoms with Gasteiger partial charge in [-0.3, -0.25) is 4.79 Å². The summed E-state index contributed by atoms with van der Waals surface area (Å²) in [5, 5.41) is 11.7. The highest BCUT2D eigenvalue weighted by molar-refractivity contribution is 9.10. The normalized spacial score (nSPS) is 11.8. The van der Waals surface area contributed by atoms with Gasteiger partial charge in [-0.2, -0.15) is 0 Å². The molecule has 0 spiro atoms. The summed E-state index contributed by atoms with van der Waals surface area (Å²) in [7, 11) is 0. The van der Waals surface area contributed by atoms with Crippen LogP contribution in [0, 0.1) is 0 Å². The van der Waals surface area contributed by atoms with E-state index in [0.29, 0.717) is 0 Å². The number of rotatable bonds is 4. The monoisotopic (exact) mass is 297 g/mol. The smallest absolute Gasteiger partial charge is 0.244 e. The molecule has 17 heavy (non-hydrogen) atoms. The number of benzene rings is 1. The maximum atomic E-state index is 11.5. The highest BCUT2D eigenvalue weighted by atomic mass is 79.9. The molecule has 2 N–H and O–H groups in total. The Balaban J connectivity index is 2.60. The van der Waals surface area contributed by atoms with E-state index in [0.717, 1.165) is 10.0 Å². The Morgan fingerprint density at radius 1 is 1.41 bits per heavy atom. The van der Waals surface area contributed by atoms with E-state index >= 15 is 0 Å². The molecule has 3 nitrogen and oxygen atoms in total. The highest BCUT2D eigenvalue weighted by Gasteiger charge is 2.17. The number of nitrogens with one attached hydrogen (secondary N) is 1. The molecule has 1 aromatic rings. The first-order valence-electron chi connectivity index (χ1n) is 5.29. The number of aliphatic hydroxyl groups is 1. The van der Waals surface area contributed by atoms with Crippen LogP contribution in [-0.4, -0.2) is 23.2 Å². The molecule has 0 unspecified atom stereocenters. The van der Waals surface area contributed by atoms with Crippen molar-refractivity contribution in [2.75, 3.05) is 6.61 Å². The van der Waals surface area contributed by atoms with Crippen molar-refractivity contribution in [3.8, 4) is 0 Å². The van der Waals surface area contributed by atoms with E-state index in [9.17, 15) is 4.79 Å². The van der Waals surface area contributed by atoms with Gasteiger partial charge in [0.25, 0.3) is 0 Å². The van der Waals surface area contributed by atoms with Crippen molar-refractivity contribution in [1.29, 1.82) is 0 Å². The van der Waals surface area contributed by atoms with Gasteiger partial charge in [0.2, 0.25) is 5.91 Å². The van der Waals surface area contributed by atoms with Gasteiger partial charge in [0.15, 0.2) is 0 Å². The number of carbonyl (C=O) groups excluding carboxylic acids is 1. The Labute approximate surface area is 110 Å². The number of carbonyl (C=O) groups is 1. The van der Waals surface area contributed by atoms with Crippen LogP contribution in [0.15, 0.2) is 34.8 Å². The van der Waals surface area contributed by atoms with E-state index in [1.54, 1.807) is 19.9 Å². The largest absolute Gasteiger partial charge is 0.394 e. The van der Waals surface area contributed by atoms with Gasteiger partial charge in [-0.05, 0) is 37.6 Å². The van der Waals surface area contributed by atoms with Gasteiger partial charge in [-0.1, -0.05) is 28.1 Å². The second-order valence-corrected chi connectivity index (χ2v) is 5.33. The average molecular weight is 298 g/mol. The van der Waals surface area contributed by atoms with E-state index < -0.39 is 5.54 Å². The molecular weight excluding hydrogens is 282 g/mol. The predicted octanol–water partition coefficient (Wildman–Crippen LogP) is 2.35. The summed E-state index contributed by atoms with van der Waals surface area (Å²) in [5.74, 6) is -0.216. The molecule has 0 atom stereocenters. The van der Waals surface area contributed by atoms with Gasteiger partial charge in [0.05, 0.1) is 12.1 Å². The van der Waals surface area contributed by atoms with Gasteiger partial charge in [-0.25, -0.2) is 0 Å². The van der Waals surface area contributed by atoms with Crippen LogP contribution >= 0.6 is 15.9 Å². The zero-order chi connectivity index (χ0) is 12.9. The van der Waals surface area contributed by atoms with E-state index in [-0.39, 0.29) is 12.5 Å². The van der Waals surface area contributed by atoms with E-state index in [2.05, 4.69) is 21.2 Å². The Morgan fingerprint density at radius 3 is 2.53 bits per heavy atom. The average Bonchev–Trinajstić information content (AvgIpc) is 2.28. The number of halogens is 1. The first-order valence-corrected chi connectivity index (χ1v) is 6.09. The third-order valence-electron chi connectivity index (χ3n) is 2.15. The van der Waals surface area contributed by atoms with Gasteiger partial charge in [0.1, 0.15) is 0 Å². The van der Waals surface area contributed by atoms with Crippen LogP contribution in [0.4, 0.5) is 0 Å². The van der Waals surface area contributed by atoms with Crippen LogP contribution in [0.5, 0.6) is 0 Å². The zero-order valence-electron chi connectivity index (χ0n) is 9.90. The molecule has 1 aromatic carbocycles. The lowest BCUT2D eigenvalue weighted by molar-refractivity contribution is -0.118. The minimum absolute atomic E-state index is 0.0924. The molecule has 0 aliphatic rings. The summed E-state index contributed by atoms with van der Waals surface area (Å²) in [6.45, 7) is 3.43. The Kier molecular flexibility index (Phi) is 4.90. The lowest BCUT2D eigenvalue weighted by Gasteiger charge is -2.22. The third-order valence-corrected chi connectivity index (χ3v) is 2.68. The fourth-order valence-corrected chi connectivity index (χ4v) is 1.42. The summed E-state index contributed by atoms with van der Waals surface area (Å²) in [4.78, 5) is 11.5. The van der Waals surface area contributed by atoms with E-state index in [1.807, 2.05) is 24.3 Å². The molecule has 1 amide bonds. The Hall–Kier alpha value is -1.13. The molecule has 0 saturated carbocycles. The van der Waals surface area contributed by atoms with Gasteiger partial charge >= 0.3 is 0 Å². The van der Waals surface area contributed by atoms with Crippen molar-refractivity contribution in [3.05, 3.63) is 40.4 Å². The molecule has 0 saturated heterocycles. The first kappa shape index (κ1) is 13.9. The first-order chi connectivity index (χ1) is 7.93. The van der Waals surface area contributed by atoms with Crippen molar-refractivity contribution in [2.45, 2.75) is 19.4 Å². The van der Waals surface area contributed by atoms with Crippen LogP contribution < -0.4 is 5.32 Å². The summed E-state index contributed by atoms with van der Waals surface area (Å²) in [6, 6.07) is 7.64. The number of aliphatic hydroxyl groups excluding tert-OH is 1. The molecular formula is C13H16BrNO2. The van der Waals surface area contributed by atoms with Crippen molar-refractivity contribution >= 4 is 27.9 Å². The van der Waals surface area contributed by atoms with Crippen molar-refractivity contribution in [3.63, 3.8) is 0 Å². The van der Waals surface area contributed by atoms with Crippen LogP contribution in [0.1, 0.15) is 19.4 Å². The summed E-state index contributed by atoms with van der Waals surface area (Å²) in [6.07, 6.45) is 3.19. The van der Waals surface area contributed by atoms with Crippen LogP contribution in [0.2, 0.25) is 0 Å². The Morgan fingerprint density at radius 2 is 2.00 bits per heavy atom. The van der Waals surface area contributed by atoms with Gasteiger partial charge < -0.3 is 10.4 Å². The van der Waals surface area contributed by atoms with Crippen LogP contribution in [0.3, 0.4) is 0 Å². The molecule has 0 fully saturated rings. The van der Waals surface area contributed by atoms with Crippen molar-refractivity contribution in [2.24, 2.45) is 0 Å². The molecule has 1 rings (SSSR count). The SMILES string of the molecule is CC(C)(CO)NC(=O)/C=C/c1ccc(Br)cc1. The van der Waals surface area contributed by atoms with E-state index in [1.165, 1.54) is 6.08 Å². The quantitative estimate of drug-likeness (QED) is 0.838. The second kappa shape index (κ2) is 5.98. The molecule has 0 aromatic heterocycles. The summed E-state index contributed by atoms with van der Waals surface area (Å²) >= 11 is 3.34. The summed E-state index contributed by atoms with van der Waals surface area (Å²) in [5.41, 5.74) is 0.353. The number of hydrogen-bond acceptors (Lipinski definition) is 2. The maximum Gasteiger partial charge on any atom is 0.244 e. The van der Waals surface area contributed by atoms with Gasteiger partial charge in [0, 0.05) is 10.5 Å². The van der Waals surface area contributed by atoms with Gasteiger partial charge in [-0.15, -0.1) is 0 Å². The molecule has 0 radical (unpaired) electrons. The molecule has 0 aliphatic carbocycles. The van der Waals surface area contributed by atoms with Crippen molar-refractivity contribution < 1.29 is 9.90 Å². The second-order valence-electron chi connectivity index (χ2n) is 4.42. The number of hydrogen-bond donors (Lipinski definition) is 2. The van der Waals surface area contributed by atoms with Crippen molar-refractivity contribution in [1.82, 2.24) is 5.32 Å². The Bertz CT molecular complexity index is 410. The zero-order valence-corrected chi connectivity index (χ0v) is 11.5. The maximum absolute atomic E-state index is 11.5. The minimum atomic E-state index is -0.596. The lowest BCUT2D eigenvalue weighted by Crippen LogP contribution is -2.45. The van der Waals surface area contributed by atoms with Crippen LogP contribution in [-0.2, 0) is 4.79 Å². The topological polar surface area (TPSA) is 49.3 Å². The molecule has 4 heteroatoms. The fourth-order valence-electron chi connectivity index (χ4n) is 1.16. The number of amides is 1. The minimum Gasteiger partial charge on any atom is -0.394 e. The molecule has 0 aliphatic heterocycles. The molecule has 0 heterocycles. The standard InChI is InChI=1S/C13H16BrNO2/c1-13(2,9-16)15-12(17)8-5-10-3-6-11(14)7-4-10/h3-8,16H,9H2,1-2H3,(H,15,17)/b8-5+.